The third kappa shape index (κ3) is 32.0. The standard InChI is InChI=1S/C17H18O3.C17H30O2.C17H20O2.C11H9BrO.C11H9Br.C6H4Br2.C6H3Br.C6H8O3.C5H6O.CH4.H2/c1-12-6-4-7-13-8-5-9-14(17(12)13)15(18)10-2-3-11-16(19)20;2*1-13-7-5-9-15-11-6-10-14(17(13)15)8-3-2-4-12-16(18)19;1-11-6-5-9(13-11)7-3-2-4-8(12)10(7)11;1-8-4-2-5-9-6-3-7-10(12)11(8)9;7-5-2-1-3-6(8)4-5;7-6-4-2-1-3-5-6;7-5-3-1-2-4-6(8)9-5;1-5-3-2-4-6-5;;/h4-9H,2-3,10-11H2,1H3,(H,19,20);13-15,17H,2-12H2,1H3,(H,18,19);5-7,9-11H,2-4,8,12H2,1H3,(H,18,19);2-6,9H,1H3;2-7H,1H3;1-4H;1-2,4H;1-4H2;2-4H,1H3;1H4;1H/t;13?,14?,15-,17?;;;;;;;;;/m.1........./s1. The highest BCUT2D eigenvalue weighted by Gasteiger charge is 2.44. The first-order valence-corrected chi connectivity index (χ1v) is 43.4. The maximum absolute atomic E-state index is 12.3. The summed E-state index contributed by atoms with van der Waals surface area (Å²) in [6, 6.07) is 66.5. The number of ketones is 1. The van der Waals surface area contributed by atoms with Crippen molar-refractivity contribution in [1.82, 2.24) is 0 Å². The lowest BCUT2D eigenvalue weighted by Crippen LogP contribution is -2.36. The molecular weight excluding hydrogens is 1760 g/mol. The number of benzene rings is 8. The Kier molecular flexibility index (Phi) is 42.2. The molecule has 608 valence electrons. The quantitative estimate of drug-likeness (QED) is 0.0242. The molecule has 4 heterocycles. The topological polar surface area (TPSA) is 195 Å². The summed E-state index contributed by atoms with van der Waals surface area (Å²) in [4.78, 5) is 64.6. The number of unbranched alkanes of at least 4 members (excludes halogenated alkanes) is 5. The van der Waals surface area contributed by atoms with Crippen LogP contribution in [0.4, 0.5) is 0 Å². The highest BCUT2D eigenvalue weighted by Crippen LogP contribution is 2.52. The van der Waals surface area contributed by atoms with E-state index in [1.165, 1.54) is 105 Å². The molecule has 5 unspecified atom stereocenters. The van der Waals surface area contributed by atoms with Gasteiger partial charge in [-0.1, -0.05) is 288 Å². The maximum Gasteiger partial charge on any atom is 0.313 e. The van der Waals surface area contributed by atoms with E-state index in [0.717, 1.165) is 121 Å². The zero-order chi connectivity index (χ0) is 81.7. The number of carbonyl (C=O) groups excluding carboxylic acids is 3. The number of carboxylic acid groups (broad SMARTS) is 3. The lowest BCUT2D eigenvalue weighted by molar-refractivity contribution is -0.158. The Hall–Kier alpha value is -7.82. The Morgan fingerprint density at radius 2 is 1.05 bits per heavy atom. The van der Waals surface area contributed by atoms with Gasteiger partial charge in [-0.2, -0.15) is 0 Å². The van der Waals surface area contributed by atoms with Gasteiger partial charge >= 0.3 is 29.8 Å². The molecule has 9 aromatic carbocycles. The van der Waals surface area contributed by atoms with Crippen LogP contribution in [0, 0.1) is 63.5 Å². The first-order chi connectivity index (χ1) is 54.3. The number of carbonyl (C=O) groups is 6. The smallest absolute Gasteiger partial charge is 0.313 e. The van der Waals surface area contributed by atoms with Crippen molar-refractivity contribution in [1.29, 1.82) is 0 Å². The largest absolute Gasteiger partial charge is 0.481 e. The molecule has 3 fully saturated rings. The molecule has 0 amide bonds. The van der Waals surface area contributed by atoms with Crippen molar-refractivity contribution < 1.29 is 59.4 Å². The first kappa shape index (κ1) is 95.0. The van der Waals surface area contributed by atoms with E-state index in [2.05, 4.69) is 227 Å². The third-order valence-electron chi connectivity index (χ3n) is 20.8. The van der Waals surface area contributed by atoms with Crippen LogP contribution in [0.2, 0.25) is 0 Å². The third-order valence-corrected chi connectivity index (χ3v) is 23.5. The van der Waals surface area contributed by atoms with Crippen molar-refractivity contribution in [2.24, 2.45) is 23.7 Å². The number of aryl methyl sites for hydroxylation is 5. The van der Waals surface area contributed by atoms with E-state index in [1.54, 1.807) is 6.26 Å². The predicted molar refractivity (Wildman–Crippen MR) is 482 cm³/mol. The fraction of sp³-hybridized carbons (Fsp3) is 0.381. The molecule has 0 spiro atoms. The molecule has 1 saturated heterocycles. The second-order valence-corrected chi connectivity index (χ2v) is 33.9. The molecule has 17 heteroatoms. The van der Waals surface area contributed by atoms with Crippen LogP contribution in [0.3, 0.4) is 0 Å². The molecule has 1 aromatic heterocycles. The van der Waals surface area contributed by atoms with Gasteiger partial charge in [-0.25, -0.2) is 0 Å². The van der Waals surface area contributed by atoms with Crippen LogP contribution in [0.5, 0.6) is 0 Å². The van der Waals surface area contributed by atoms with Gasteiger partial charge < -0.3 is 29.2 Å². The summed E-state index contributed by atoms with van der Waals surface area (Å²) in [6.45, 7) is 12.8. The highest BCUT2D eigenvalue weighted by molar-refractivity contribution is 9.11. The van der Waals surface area contributed by atoms with Crippen LogP contribution < -0.4 is 0 Å². The number of cyclic esters (lactones) is 2. The molecule has 6 atom stereocenters. The number of fused-ring (bicyclic) bond motifs is 9. The molecule has 5 aliphatic rings. The highest BCUT2D eigenvalue weighted by atomic mass is 79.9. The summed E-state index contributed by atoms with van der Waals surface area (Å²) in [5, 5.41) is 33.2. The summed E-state index contributed by atoms with van der Waals surface area (Å²) >= 11 is 17.0. The van der Waals surface area contributed by atoms with E-state index in [0.29, 0.717) is 38.5 Å². The fourth-order valence-corrected chi connectivity index (χ4v) is 18.3. The van der Waals surface area contributed by atoms with Crippen molar-refractivity contribution in [3.8, 4) is 0 Å². The van der Waals surface area contributed by atoms with Gasteiger partial charge in [0.1, 0.15) is 17.5 Å². The van der Waals surface area contributed by atoms with Crippen molar-refractivity contribution in [2.75, 3.05) is 0 Å². The van der Waals surface area contributed by atoms with Crippen LogP contribution in [0.1, 0.15) is 226 Å². The van der Waals surface area contributed by atoms with Gasteiger partial charge in [0.25, 0.3) is 0 Å². The number of Topliss-reactive ketones (excluding diaryl/α,β-unsaturated/α-hetero) is 1. The summed E-state index contributed by atoms with van der Waals surface area (Å²) < 4.78 is 20.5. The minimum atomic E-state index is -0.807. The zero-order valence-corrected chi connectivity index (χ0v) is 73.7. The van der Waals surface area contributed by atoms with E-state index in [9.17, 15) is 28.8 Å². The second-order valence-electron chi connectivity index (χ2n) is 29.5. The number of aliphatic carboxylic acids is 3. The molecule has 15 rings (SSSR count). The fourth-order valence-electron chi connectivity index (χ4n) is 15.4. The second kappa shape index (κ2) is 50.6. The Morgan fingerprint density at radius 1 is 0.535 bits per heavy atom. The number of rotatable bonds is 18. The van der Waals surface area contributed by atoms with Gasteiger partial charge in [-0.05, 0) is 246 Å². The van der Waals surface area contributed by atoms with Gasteiger partial charge in [-0.15, -0.1) is 0 Å². The van der Waals surface area contributed by atoms with Gasteiger partial charge in [0, 0.05) is 69.0 Å². The van der Waals surface area contributed by atoms with Crippen molar-refractivity contribution in [3.63, 3.8) is 0 Å². The number of furan rings is 1. The molecule has 3 aliphatic heterocycles. The zero-order valence-electron chi connectivity index (χ0n) is 65.8. The average molecular weight is 1870 g/mol. The molecule has 0 radical (unpaired) electrons. The van der Waals surface area contributed by atoms with Gasteiger partial charge in [-0.3, -0.25) is 28.8 Å². The van der Waals surface area contributed by atoms with E-state index < -0.39 is 17.9 Å². The molecule has 12 nitrogen and oxygen atoms in total. The molecule has 2 aliphatic carbocycles. The van der Waals surface area contributed by atoms with E-state index >= 15 is 0 Å². The minimum Gasteiger partial charge on any atom is -0.481 e. The van der Waals surface area contributed by atoms with E-state index in [-0.39, 0.29) is 51.1 Å². The number of halogens is 5. The Bertz CT molecular complexity index is 4620. The summed E-state index contributed by atoms with van der Waals surface area (Å²) in [5.74, 6) is 2.05. The SMILES string of the molecule is Brc1c#cccc1.Brc1cccc(Br)c1.C.CC12C=CC(O1)c1cccc(Br)c12.CC1CCC[C@@H]2CCCC(CCCCCC(=O)O)C12.Cc1cccc2cccc(Br)c12.Cc1cccc2cccc(C(=O)CCCCC(=O)O)c12.Cc1cccc2cccc(CCCCCC(=O)O)c12.Cc1ccco1.O=C1CCCCC(=O)O1.[HH]. The van der Waals surface area contributed by atoms with Gasteiger partial charge in [0.05, 0.1) is 10.7 Å². The van der Waals surface area contributed by atoms with Gasteiger partial charge in [0.15, 0.2) is 5.78 Å². The molecule has 10 aromatic rings. The van der Waals surface area contributed by atoms with E-state index in [1.807, 2.05) is 105 Å². The molecular formula is C97H113Br5O12. The normalized spacial score (nSPS) is 17.7. The number of esters is 2. The average Bonchev–Trinajstić information content (AvgIpc) is 1.58. The first-order valence-electron chi connectivity index (χ1n) is 39.4. The number of hydrogen-bond acceptors (Lipinski definition) is 9. The van der Waals surface area contributed by atoms with Crippen LogP contribution in [0.15, 0.2) is 227 Å². The summed E-state index contributed by atoms with van der Waals surface area (Å²) in [7, 11) is 0. The van der Waals surface area contributed by atoms with Crippen molar-refractivity contribution in [3.05, 3.63) is 280 Å². The summed E-state index contributed by atoms with van der Waals surface area (Å²) in [6.07, 6.45) is 27.9. The summed E-state index contributed by atoms with van der Waals surface area (Å²) in [5.41, 5.74) is 8.26. The minimum absolute atomic E-state index is 0. The lowest BCUT2D eigenvalue weighted by Gasteiger charge is -2.45. The van der Waals surface area contributed by atoms with Crippen LogP contribution >= 0.6 is 79.6 Å². The molecule has 2 saturated carbocycles. The van der Waals surface area contributed by atoms with Crippen molar-refractivity contribution >= 4 is 148 Å². The van der Waals surface area contributed by atoms with Crippen molar-refractivity contribution in [2.45, 2.75) is 215 Å². The molecule has 2 bridgehead atoms. The van der Waals surface area contributed by atoms with E-state index in [4.69, 9.17) is 24.5 Å². The van der Waals surface area contributed by atoms with Crippen LogP contribution in [0.25, 0.3) is 32.3 Å². The Balaban J connectivity index is 0.000000236. The monoisotopic (exact) mass is 1860 g/mol. The Labute approximate surface area is 719 Å². The maximum atomic E-state index is 12.3. The van der Waals surface area contributed by atoms with Gasteiger partial charge in [0.2, 0.25) is 0 Å². The Morgan fingerprint density at radius 3 is 1.58 bits per heavy atom. The van der Waals surface area contributed by atoms with Crippen LogP contribution in [-0.2, 0) is 45.5 Å². The number of ether oxygens (including phenoxy) is 2. The van der Waals surface area contributed by atoms with Crippen LogP contribution in [-0.4, -0.2) is 50.9 Å². The predicted octanol–water partition coefficient (Wildman–Crippen LogP) is 28.8. The molecule has 114 heavy (non-hydrogen) atoms. The number of hydrogen-bond donors (Lipinski definition) is 3. The molecule has 3 N–H and O–H groups in total. The lowest BCUT2D eigenvalue weighted by atomic mass is 9.60. The number of carboxylic acids is 3.